The summed E-state index contributed by atoms with van der Waals surface area (Å²) in [5.41, 5.74) is 13.0. The van der Waals surface area contributed by atoms with E-state index in [0.29, 0.717) is 22.9 Å². The van der Waals surface area contributed by atoms with E-state index in [4.69, 9.17) is 11.5 Å². The molecule has 0 saturated carbocycles. The molecule has 1 heterocycles. The molecule has 104 valence electrons. The Labute approximate surface area is 113 Å². The number of carbonyl (C=O) groups excluding carboxylic acids is 1. The van der Waals surface area contributed by atoms with Crippen LogP contribution in [0.3, 0.4) is 0 Å². The van der Waals surface area contributed by atoms with E-state index in [1.807, 2.05) is 0 Å². The molecule has 1 aromatic rings. The van der Waals surface area contributed by atoms with Crippen LogP contribution in [0.15, 0.2) is 18.2 Å². The first-order valence-corrected chi connectivity index (χ1v) is 6.62. The second-order valence-electron chi connectivity index (χ2n) is 5.45. The summed E-state index contributed by atoms with van der Waals surface area (Å²) in [4.78, 5) is 14.5. The topological polar surface area (TPSA) is 84.4 Å². The molecule has 0 spiro atoms. The van der Waals surface area contributed by atoms with Crippen molar-refractivity contribution in [2.24, 2.45) is 5.92 Å². The minimum atomic E-state index is -0.112. The number of amides is 1. The summed E-state index contributed by atoms with van der Waals surface area (Å²) >= 11 is 0. The number of carbonyl (C=O) groups is 1. The number of nitrogens with one attached hydrogen (secondary N) is 1. The number of hydrogen-bond donors (Lipinski definition) is 3. The predicted molar refractivity (Wildman–Crippen MR) is 77.8 cm³/mol. The minimum absolute atomic E-state index is 0.112. The van der Waals surface area contributed by atoms with Gasteiger partial charge in [-0.15, -0.1) is 0 Å². The molecule has 5 N–H and O–H groups in total. The smallest absolute Gasteiger partial charge is 0.253 e. The summed E-state index contributed by atoms with van der Waals surface area (Å²) in [6.45, 7) is 4.17. The van der Waals surface area contributed by atoms with Gasteiger partial charge in [0.15, 0.2) is 0 Å². The maximum absolute atomic E-state index is 12.2. The lowest BCUT2D eigenvalue weighted by molar-refractivity contribution is 0.0885. The van der Waals surface area contributed by atoms with Gasteiger partial charge < -0.3 is 21.7 Å². The Kier molecular flexibility index (Phi) is 3.95. The first-order valence-electron chi connectivity index (χ1n) is 6.62. The number of rotatable bonds is 2. The normalized spacial score (nSPS) is 24.1. The molecule has 2 unspecified atom stereocenters. The van der Waals surface area contributed by atoms with Crippen molar-refractivity contribution in [2.75, 3.05) is 31.6 Å². The minimum Gasteiger partial charge on any atom is -0.399 e. The monoisotopic (exact) mass is 262 g/mol. The van der Waals surface area contributed by atoms with Crippen LogP contribution in [0.4, 0.5) is 11.4 Å². The molecule has 5 nitrogen and oxygen atoms in total. The first kappa shape index (κ1) is 13.7. The maximum Gasteiger partial charge on any atom is 0.253 e. The fourth-order valence-electron chi connectivity index (χ4n) is 2.60. The van der Waals surface area contributed by atoms with Gasteiger partial charge in [0.05, 0.1) is 5.56 Å². The zero-order valence-electron chi connectivity index (χ0n) is 11.5. The second kappa shape index (κ2) is 5.48. The molecule has 0 radical (unpaired) electrons. The molecule has 19 heavy (non-hydrogen) atoms. The highest BCUT2D eigenvalue weighted by Crippen LogP contribution is 2.19. The molecular formula is C14H22N4O. The zero-order valence-corrected chi connectivity index (χ0v) is 11.5. The molecule has 1 aromatic carbocycles. The maximum atomic E-state index is 12.2. The van der Waals surface area contributed by atoms with Crippen molar-refractivity contribution in [3.8, 4) is 0 Å². The quantitative estimate of drug-likeness (QED) is 0.692. The highest BCUT2D eigenvalue weighted by Gasteiger charge is 2.26. The van der Waals surface area contributed by atoms with Crippen LogP contribution in [0.1, 0.15) is 23.7 Å². The van der Waals surface area contributed by atoms with E-state index in [-0.39, 0.29) is 11.9 Å². The molecule has 1 amide bonds. The lowest BCUT2D eigenvalue weighted by Gasteiger charge is -2.35. The lowest BCUT2D eigenvalue weighted by Crippen LogP contribution is -2.48. The van der Waals surface area contributed by atoms with Crippen LogP contribution in [0.2, 0.25) is 0 Å². The standard InChI is InChI=1S/C14H22N4O/c1-9-8-18(2)6-5-13(9)17-14(19)11-4-3-10(15)7-12(11)16/h3-4,7,9,13H,5-6,8,15-16H2,1-2H3,(H,17,19). The summed E-state index contributed by atoms with van der Waals surface area (Å²) in [5, 5.41) is 3.08. The Hall–Kier alpha value is -1.75. The third-order valence-electron chi connectivity index (χ3n) is 3.75. The fourth-order valence-corrected chi connectivity index (χ4v) is 2.60. The number of piperidine rings is 1. The molecule has 1 saturated heterocycles. The highest BCUT2D eigenvalue weighted by molar-refractivity contribution is 5.99. The number of hydrogen-bond acceptors (Lipinski definition) is 4. The number of nitrogen functional groups attached to an aromatic ring is 2. The Balaban J connectivity index is 2.04. The molecule has 0 aromatic heterocycles. The largest absolute Gasteiger partial charge is 0.399 e. The summed E-state index contributed by atoms with van der Waals surface area (Å²) in [7, 11) is 2.10. The lowest BCUT2D eigenvalue weighted by atomic mass is 9.94. The molecule has 1 aliphatic rings. The van der Waals surface area contributed by atoms with Gasteiger partial charge in [0.1, 0.15) is 0 Å². The van der Waals surface area contributed by atoms with Gasteiger partial charge in [0.25, 0.3) is 5.91 Å². The van der Waals surface area contributed by atoms with E-state index < -0.39 is 0 Å². The summed E-state index contributed by atoms with van der Waals surface area (Å²) in [6.07, 6.45) is 0.971. The number of anilines is 2. The van der Waals surface area contributed by atoms with Crippen LogP contribution in [0, 0.1) is 5.92 Å². The molecule has 0 aliphatic carbocycles. The van der Waals surface area contributed by atoms with Crippen molar-refractivity contribution in [3.63, 3.8) is 0 Å². The molecule has 5 heteroatoms. The van der Waals surface area contributed by atoms with Crippen molar-refractivity contribution in [1.29, 1.82) is 0 Å². The number of benzene rings is 1. The highest BCUT2D eigenvalue weighted by atomic mass is 16.1. The van der Waals surface area contributed by atoms with E-state index >= 15 is 0 Å². The average Bonchev–Trinajstić information content (AvgIpc) is 2.32. The van der Waals surface area contributed by atoms with E-state index in [0.717, 1.165) is 19.5 Å². The molecule has 1 fully saturated rings. The fraction of sp³-hybridized carbons (Fsp3) is 0.500. The van der Waals surface area contributed by atoms with Crippen LogP contribution in [-0.4, -0.2) is 37.0 Å². The molecule has 2 atom stereocenters. The zero-order chi connectivity index (χ0) is 14.0. The summed E-state index contributed by atoms with van der Waals surface area (Å²) in [6, 6.07) is 5.20. The van der Waals surface area contributed by atoms with Gasteiger partial charge in [-0.05, 0) is 44.1 Å². The van der Waals surface area contributed by atoms with E-state index in [1.165, 1.54) is 0 Å². The Bertz CT molecular complexity index is 475. The number of likely N-dealkylation sites (tertiary alicyclic amines) is 1. The van der Waals surface area contributed by atoms with E-state index in [1.54, 1.807) is 18.2 Å². The Morgan fingerprint density at radius 2 is 2.16 bits per heavy atom. The molecule has 2 rings (SSSR count). The second-order valence-corrected chi connectivity index (χ2v) is 5.45. The van der Waals surface area contributed by atoms with Crippen LogP contribution in [0.25, 0.3) is 0 Å². The van der Waals surface area contributed by atoms with Gasteiger partial charge in [0, 0.05) is 24.0 Å². The van der Waals surface area contributed by atoms with Crippen molar-refractivity contribution in [2.45, 2.75) is 19.4 Å². The number of nitrogens with zero attached hydrogens (tertiary/aromatic N) is 1. The summed E-state index contributed by atoms with van der Waals surface area (Å²) in [5.74, 6) is 0.330. The Morgan fingerprint density at radius 3 is 2.79 bits per heavy atom. The van der Waals surface area contributed by atoms with Crippen LogP contribution >= 0.6 is 0 Å². The van der Waals surface area contributed by atoms with E-state index in [9.17, 15) is 4.79 Å². The van der Waals surface area contributed by atoms with Crippen LogP contribution < -0.4 is 16.8 Å². The van der Waals surface area contributed by atoms with Gasteiger partial charge in [-0.25, -0.2) is 0 Å². The first-order chi connectivity index (χ1) is 8.97. The predicted octanol–water partition coefficient (Wildman–Crippen LogP) is 0.921. The van der Waals surface area contributed by atoms with Crippen LogP contribution in [0.5, 0.6) is 0 Å². The van der Waals surface area contributed by atoms with Gasteiger partial charge >= 0.3 is 0 Å². The Morgan fingerprint density at radius 1 is 1.42 bits per heavy atom. The van der Waals surface area contributed by atoms with Crippen molar-refractivity contribution in [1.82, 2.24) is 10.2 Å². The number of nitrogens with two attached hydrogens (primary N) is 2. The van der Waals surface area contributed by atoms with Crippen LogP contribution in [-0.2, 0) is 0 Å². The van der Waals surface area contributed by atoms with Crippen molar-refractivity contribution >= 4 is 17.3 Å². The summed E-state index contributed by atoms with van der Waals surface area (Å²) < 4.78 is 0. The third kappa shape index (κ3) is 3.17. The van der Waals surface area contributed by atoms with Gasteiger partial charge in [-0.2, -0.15) is 0 Å². The third-order valence-corrected chi connectivity index (χ3v) is 3.75. The van der Waals surface area contributed by atoms with Crippen molar-refractivity contribution in [3.05, 3.63) is 23.8 Å². The van der Waals surface area contributed by atoms with Gasteiger partial charge in [0.2, 0.25) is 0 Å². The van der Waals surface area contributed by atoms with Crippen molar-refractivity contribution < 1.29 is 4.79 Å². The molecule has 1 aliphatic heterocycles. The molecular weight excluding hydrogens is 240 g/mol. The average molecular weight is 262 g/mol. The van der Waals surface area contributed by atoms with E-state index in [2.05, 4.69) is 24.2 Å². The van der Waals surface area contributed by atoms with Gasteiger partial charge in [-0.3, -0.25) is 4.79 Å². The van der Waals surface area contributed by atoms with Gasteiger partial charge in [-0.1, -0.05) is 6.92 Å². The molecule has 0 bridgehead atoms. The SMILES string of the molecule is CC1CN(C)CCC1NC(=O)c1ccc(N)cc1N.